The van der Waals surface area contributed by atoms with Crippen molar-refractivity contribution in [2.75, 3.05) is 11.4 Å². The zero-order valence-corrected chi connectivity index (χ0v) is 9.76. The van der Waals surface area contributed by atoms with E-state index in [0.29, 0.717) is 0 Å². The molecule has 1 saturated heterocycles. The average Bonchev–Trinajstić information content (AvgIpc) is 2.65. The lowest BCUT2D eigenvalue weighted by molar-refractivity contribution is 0.586. The number of nitrogens with zero attached hydrogens (tertiary/aromatic N) is 1. The molecule has 0 N–H and O–H groups in total. The van der Waals surface area contributed by atoms with Crippen LogP contribution in [0.5, 0.6) is 0 Å². The molecule has 2 heterocycles. The summed E-state index contributed by atoms with van der Waals surface area (Å²) < 4.78 is 1.22. The van der Waals surface area contributed by atoms with Gasteiger partial charge < -0.3 is 4.90 Å². The van der Waals surface area contributed by atoms with Crippen molar-refractivity contribution >= 4 is 21.6 Å². The lowest BCUT2D eigenvalue weighted by atomic mass is 9.97. The van der Waals surface area contributed by atoms with Crippen LogP contribution in [0.1, 0.15) is 24.8 Å². The summed E-state index contributed by atoms with van der Waals surface area (Å²) in [5.41, 5.74) is 3.01. The van der Waals surface area contributed by atoms with Crippen molar-refractivity contribution in [2.45, 2.75) is 31.7 Å². The van der Waals surface area contributed by atoms with Crippen molar-refractivity contribution in [3.05, 3.63) is 28.2 Å². The predicted octanol–water partition coefficient (Wildman–Crippen LogP) is 3.36. The van der Waals surface area contributed by atoms with Gasteiger partial charge in [-0.1, -0.05) is 15.9 Å². The first-order valence-corrected chi connectivity index (χ1v) is 6.19. The van der Waals surface area contributed by atoms with E-state index in [-0.39, 0.29) is 0 Å². The van der Waals surface area contributed by atoms with Crippen molar-refractivity contribution in [1.82, 2.24) is 0 Å². The molecule has 2 aliphatic heterocycles. The average molecular weight is 252 g/mol. The van der Waals surface area contributed by atoms with Crippen LogP contribution in [0.2, 0.25) is 0 Å². The number of anilines is 1. The minimum atomic E-state index is 0.837. The Kier molecular flexibility index (Phi) is 2.05. The van der Waals surface area contributed by atoms with Gasteiger partial charge in [-0.15, -0.1) is 0 Å². The Balaban J connectivity index is 2.05. The molecule has 1 atom stereocenters. The lowest BCUT2D eigenvalue weighted by Gasteiger charge is -2.33. The largest absolute Gasteiger partial charge is 0.368 e. The van der Waals surface area contributed by atoms with Crippen LogP contribution >= 0.6 is 15.9 Å². The molecule has 0 saturated carbocycles. The lowest BCUT2D eigenvalue weighted by Crippen LogP contribution is -2.33. The van der Waals surface area contributed by atoms with E-state index < -0.39 is 0 Å². The Morgan fingerprint density at radius 3 is 3.14 bits per heavy atom. The van der Waals surface area contributed by atoms with Gasteiger partial charge >= 0.3 is 0 Å². The van der Waals surface area contributed by atoms with Gasteiger partial charge in [-0.3, -0.25) is 0 Å². The second-order valence-corrected chi connectivity index (χ2v) is 5.22. The van der Waals surface area contributed by atoms with E-state index in [1.807, 2.05) is 0 Å². The quantitative estimate of drug-likeness (QED) is 0.684. The van der Waals surface area contributed by atoms with E-state index in [1.54, 1.807) is 0 Å². The molecule has 0 spiro atoms. The van der Waals surface area contributed by atoms with Crippen molar-refractivity contribution in [1.29, 1.82) is 0 Å². The molecule has 3 rings (SSSR count). The molecule has 0 radical (unpaired) electrons. The minimum Gasteiger partial charge on any atom is -0.368 e. The number of fused-ring (bicyclic) bond motifs is 3. The summed E-state index contributed by atoms with van der Waals surface area (Å²) in [6.45, 7) is 1.26. The van der Waals surface area contributed by atoms with Gasteiger partial charge in [0.15, 0.2) is 0 Å². The number of hydrogen-bond donors (Lipinski definition) is 0. The van der Waals surface area contributed by atoms with Gasteiger partial charge in [0.1, 0.15) is 0 Å². The fourth-order valence-corrected chi connectivity index (χ4v) is 3.22. The van der Waals surface area contributed by atoms with E-state index in [2.05, 4.69) is 39.0 Å². The Morgan fingerprint density at radius 2 is 2.21 bits per heavy atom. The first-order chi connectivity index (χ1) is 6.84. The van der Waals surface area contributed by atoms with Crippen LogP contribution in [0.3, 0.4) is 0 Å². The Labute approximate surface area is 93.2 Å². The van der Waals surface area contributed by atoms with E-state index in [0.717, 1.165) is 6.04 Å². The van der Waals surface area contributed by atoms with E-state index >= 15 is 0 Å². The van der Waals surface area contributed by atoms with Gasteiger partial charge in [0, 0.05) is 22.7 Å². The summed E-state index contributed by atoms with van der Waals surface area (Å²) in [6.07, 6.45) is 5.38. The maximum Gasteiger partial charge on any atom is 0.0402 e. The van der Waals surface area contributed by atoms with E-state index in [1.165, 1.54) is 48.0 Å². The molecule has 14 heavy (non-hydrogen) atoms. The molecule has 1 fully saturated rings. The van der Waals surface area contributed by atoms with Crippen molar-refractivity contribution < 1.29 is 0 Å². The summed E-state index contributed by atoms with van der Waals surface area (Å²) >= 11 is 3.54. The van der Waals surface area contributed by atoms with Crippen LogP contribution in [0.4, 0.5) is 5.69 Å². The Hall–Kier alpha value is -0.500. The molecule has 0 aliphatic carbocycles. The van der Waals surface area contributed by atoms with Gasteiger partial charge in [-0.25, -0.2) is 0 Å². The van der Waals surface area contributed by atoms with E-state index in [9.17, 15) is 0 Å². The van der Waals surface area contributed by atoms with Gasteiger partial charge in [-0.2, -0.15) is 0 Å². The number of rotatable bonds is 0. The zero-order chi connectivity index (χ0) is 9.54. The highest BCUT2D eigenvalue weighted by Gasteiger charge is 2.29. The molecular formula is C12H14BrN. The molecule has 74 valence electrons. The van der Waals surface area contributed by atoms with Gasteiger partial charge in [0.05, 0.1) is 0 Å². The maximum atomic E-state index is 3.54. The fraction of sp³-hybridized carbons (Fsp3) is 0.500. The highest BCUT2D eigenvalue weighted by Crippen LogP contribution is 2.37. The molecule has 0 unspecified atom stereocenters. The summed E-state index contributed by atoms with van der Waals surface area (Å²) in [7, 11) is 0. The summed E-state index contributed by atoms with van der Waals surface area (Å²) in [4.78, 5) is 2.60. The standard InChI is InChI=1S/C12H14BrN/c13-10-4-6-12-9(8-10)3-5-11-2-1-7-14(11)12/h4,6,8,11H,1-3,5,7H2/t11-/m0/s1. The molecule has 0 aromatic heterocycles. The van der Waals surface area contributed by atoms with Crippen LogP contribution in [0, 0.1) is 0 Å². The van der Waals surface area contributed by atoms with Crippen LogP contribution in [0.25, 0.3) is 0 Å². The van der Waals surface area contributed by atoms with Crippen LogP contribution in [0.15, 0.2) is 22.7 Å². The summed E-state index contributed by atoms with van der Waals surface area (Å²) in [6, 6.07) is 7.56. The molecule has 1 aromatic rings. The third-order valence-electron chi connectivity index (χ3n) is 3.48. The highest BCUT2D eigenvalue weighted by molar-refractivity contribution is 9.10. The number of benzene rings is 1. The van der Waals surface area contributed by atoms with Gasteiger partial charge in [0.25, 0.3) is 0 Å². The second kappa shape index (κ2) is 3.27. The molecular weight excluding hydrogens is 238 g/mol. The molecule has 2 heteroatoms. The van der Waals surface area contributed by atoms with E-state index in [4.69, 9.17) is 0 Å². The monoisotopic (exact) mass is 251 g/mol. The Bertz CT molecular complexity index is 361. The van der Waals surface area contributed by atoms with Crippen LogP contribution < -0.4 is 4.90 Å². The highest BCUT2D eigenvalue weighted by atomic mass is 79.9. The van der Waals surface area contributed by atoms with Crippen molar-refractivity contribution in [2.24, 2.45) is 0 Å². The second-order valence-electron chi connectivity index (χ2n) is 4.30. The predicted molar refractivity (Wildman–Crippen MR) is 62.8 cm³/mol. The van der Waals surface area contributed by atoms with Crippen LogP contribution in [-0.4, -0.2) is 12.6 Å². The third-order valence-corrected chi connectivity index (χ3v) is 3.97. The first-order valence-electron chi connectivity index (χ1n) is 5.40. The van der Waals surface area contributed by atoms with Gasteiger partial charge in [0.2, 0.25) is 0 Å². The van der Waals surface area contributed by atoms with Crippen molar-refractivity contribution in [3.63, 3.8) is 0 Å². The van der Waals surface area contributed by atoms with Gasteiger partial charge in [-0.05, 0) is 49.4 Å². The number of aryl methyl sites for hydroxylation is 1. The number of halogens is 1. The molecule has 1 nitrogen and oxygen atoms in total. The molecule has 0 amide bonds. The smallest absolute Gasteiger partial charge is 0.0402 e. The minimum absolute atomic E-state index is 0.837. The molecule has 0 bridgehead atoms. The summed E-state index contributed by atoms with van der Waals surface area (Å²) in [5.74, 6) is 0. The maximum absolute atomic E-state index is 3.54. The fourth-order valence-electron chi connectivity index (χ4n) is 2.81. The van der Waals surface area contributed by atoms with Crippen molar-refractivity contribution in [3.8, 4) is 0 Å². The molecule has 1 aromatic carbocycles. The first kappa shape index (κ1) is 8.78. The summed E-state index contributed by atoms with van der Waals surface area (Å²) in [5, 5.41) is 0. The normalized spacial score (nSPS) is 24.6. The van der Waals surface area contributed by atoms with Crippen LogP contribution in [-0.2, 0) is 6.42 Å². The Morgan fingerprint density at radius 1 is 1.29 bits per heavy atom. The topological polar surface area (TPSA) is 3.24 Å². The number of hydrogen-bond acceptors (Lipinski definition) is 1. The third kappa shape index (κ3) is 1.28. The SMILES string of the molecule is Brc1ccc2c(c1)CC[C@@H]1CCCN21. The molecule has 2 aliphatic rings. The zero-order valence-electron chi connectivity index (χ0n) is 8.17.